The molecule has 0 saturated heterocycles. The number of benzene rings is 1. The molecular weight excluding hydrogens is 304 g/mol. The van der Waals surface area contributed by atoms with Gasteiger partial charge in [-0.15, -0.1) is 0 Å². The van der Waals surface area contributed by atoms with Gasteiger partial charge in [0.2, 0.25) is 5.91 Å². The zero-order chi connectivity index (χ0) is 16.9. The van der Waals surface area contributed by atoms with Gasteiger partial charge in [-0.2, -0.15) is 5.10 Å². The Kier molecular flexibility index (Phi) is 4.96. The molecule has 6 nitrogen and oxygen atoms in total. The van der Waals surface area contributed by atoms with E-state index in [1.165, 1.54) is 0 Å². The average molecular weight is 326 g/mol. The van der Waals surface area contributed by atoms with Crippen LogP contribution in [0.25, 0.3) is 11.0 Å². The van der Waals surface area contributed by atoms with Crippen LogP contribution in [-0.4, -0.2) is 28.8 Å². The van der Waals surface area contributed by atoms with Crippen molar-refractivity contribution in [1.82, 2.24) is 20.4 Å². The van der Waals surface area contributed by atoms with E-state index < -0.39 is 0 Å². The van der Waals surface area contributed by atoms with Gasteiger partial charge in [0.15, 0.2) is 0 Å². The van der Waals surface area contributed by atoms with Crippen molar-refractivity contribution >= 4 is 16.9 Å². The summed E-state index contributed by atoms with van der Waals surface area (Å²) in [5.74, 6) is 0.705. The van der Waals surface area contributed by atoms with Crippen LogP contribution in [0.4, 0.5) is 0 Å². The molecule has 1 amide bonds. The number of aryl methyl sites for hydroxylation is 1. The fraction of sp³-hybridized carbons (Fsp3) is 0.333. The first kappa shape index (κ1) is 16.3. The number of nitrogens with zero attached hydrogens (tertiary/aromatic N) is 2. The fourth-order valence-corrected chi connectivity index (χ4v) is 2.56. The number of hydrogen-bond donors (Lipinski definition) is 2. The molecule has 1 unspecified atom stereocenters. The predicted octanol–water partition coefficient (Wildman–Crippen LogP) is 2.40. The number of furan rings is 1. The van der Waals surface area contributed by atoms with Crippen LogP contribution in [0, 0.1) is 6.92 Å². The van der Waals surface area contributed by atoms with Crippen LogP contribution in [0.3, 0.4) is 0 Å². The predicted molar refractivity (Wildman–Crippen MR) is 92.6 cm³/mol. The topological polar surface area (TPSA) is 72.1 Å². The van der Waals surface area contributed by atoms with Crippen molar-refractivity contribution in [2.75, 3.05) is 13.1 Å². The first-order valence-corrected chi connectivity index (χ1v) is 8.09. The third-order valence-electron chi connectivity index (χ3n) is 3.81. The highest BCUT2D eigenvalue weighted by Crippen LogP contribution is 2.23. The molecule has 0 spiro atoms. The van der Waals surface area contributed by atoms with Crippen molar-refractivity contribution in [3.8, 4) is 0 Å². The Bertz CT molecular complexity index is 788. The van der Waals surface area contributed by atoms with Gasteiger partial charge < -0.3 is 15.1 Å². The van der Waals surface area contributed by atoms with Crippen molar-refractivity contribution in [3.63, 3.8) is 0 Å². The Labute approximate surface area is 140 Å². The summed E-state index contributed by atoms with van der Waals surface area (Å²) in [6.45, 7) is 5.62. The Morgan fingerprint density at radius 3 is 2.96 bits per heavy atom. The molecule has 1 aromatic carbocycles. The van der Waals surface area contributed by atoms with E-state index in [0.29, 0.717) is 6.54 Å². The largest absolute Gasteiger partial charge is 0.459 e. The van der Waals surface area contributed by atoms with Gasteiger partial charge in [0.1, 0.15) is 11.3 Å². The summed E-state index contributed by atoms with van der Waals surface area (Å²) in [5, 5.41) is 11.3. The van der Waals surface area contributed by atoms with Crippen molar-refractivity contribution in [1.29, 1.82) is 0 Å². The van der Waals surface area contributed by atoms with Crippen LogP contribution in [0.2, 0.25) is 0 Å². The molecule has 0 fully saturated rings. The molecule has 2 N–H and O–H groups in total. The van der Waals surface area contributed by atoms with Crippen LogP contribution in [0.5, 0.6) is 0 Å². The summed E-state index contributed by atoms with van der Waals surface area (Å²) in [6.07, 6.45) is 3.80. The quantitative estimate of drug-likeness (QED) is 0.654. The number of rotatable bonds is 7. The van der Waals surface area contributed by atoms with Gasteiger partial charge in [-0.05, 0) is 31.5 Å². The number of carbonyl (C=O) groups excluding carboxylic acids is 1. The second kappa shape index (κ2) is 7.31. The van der Waals surface area contributed by atoms with Crippen molar-refractivity contribution in [2.24, 2.45) is 0 Å². The van der Waals surface area contributed by atoms with E-state index >= 15 is 0 Å². The number of para-hydroxylation sites is 1. The van der Waals surface area contributed by atoms with E-state index in [1.807, 2.05) is 61.3 Å². The summed E-state index contributed by atoms with van der Waals surface area (Å²) in [6, 6.07) is 9.62. The second-order valence-electron chi connectivity index (χ2n) is 5.93. The van der Waals surface area contributed by atoms with Gasteiger partial charge in [-0.25, -0.2) is 0 Å². The maximum atomic E-state index is 12.0. The normalized spacial score (nSPS) is 12.4. The Hall–Kier alpha value is -2.60. The van der Waals surface area contributed by atoms with E-state index in [0.717, 1.165) is 28.8 Å². The lowest BCUT2D eigenvalue weighted by molar-refractivity contribution is -0.121. The summed E-state index contributed by atoms with van der Waals surface area (Å²) < 4.78 is 7.63. The lowest BCUT2D eigenvalue weighted by atomic mass is 10.2. The molecule has 126 valence electrons. The molecule has 2 aromatic heterocycles. The minimum absolute atomic E-state index is 0.0559. The molecule has 6 heteroatoms. The summed E-state index contributed by atoms with van der Waals surface area (Å²) >= 11 is 0. The lowest BCUT2D eigenvalue weighted by Gasteiger charge is -2.12. The molecule has 0 radical (unpaired) electrons. The molecule has 0 aliphatic heterocycles. The zero-order valence-corrected chi connectivity index (χ0v) is 14.0. The van der Waals surface area contributed by atoms with E-state index in [-0.39, 0.29) is 18.5 Å². The molecule has 2 heterocycles. The molecule has 0 saturated carbocycles. The van der Waals surface area contributed by atoms with Crippen LogP contribution in [0.1, 0.15) is 24.3 Å². The van der Waals surface area contributed by atoms with Crippen molar-refractivity contribution in [2.45, 2.75) is 26.4 Å². The second-order valence-corrected chi connectivity index (χ2v) is 5.93. The molecule has 3 aromatic rings. The number of carbonyl (C=O) groups is 1. The first-order chi connectivity index (χ1) is 11.6. The SMILES string of the molecule is Cc1cnn(CCNCC(=O)NC(C)c2cc3ccccc3o2)c1. The highest BCUT2D eigenvalue weighted by Gasteiger charge is 2.13. The van der Waals surface area contributed by atoms with Crippen LogP contribution in [0.15, 0.2) is 47.1 Å². The average Bonchev–Trinajstić information content (AvgIpc) is 3.17. The monoisotopic (exact) mass is 326 g/mol. The molecule has 24 heavy (non-hydrogen) atoms. The minimum Gasteiger partial charge on any atom is -0.459 e. The molecule has 1 atom stereocenters. The highest BCUT2D eigenvalue weighted by atomic mass is 16.3. The lowest BCUT2D eigenvalue weighted by Crippen LogP contribution is -2.36. The molecule has 3 rings (SSSR count). The Balaban J connectivity index is 1.44. The minimum atomic E-state index is -0.166. The number of hydrogen-bond acceptors (Lipinski definition) is 4. The van der Waals surface area contributed by atoms with Gasteiger partial charge in [0.25, 0.3) is 0 Å². The van der Waals surface area contributed by atoms with Crippen molar-refractivity contribution < 1.29 is 9.21 Å². The van der Waals surface area contributed by atoms with E-state index in [2.05, 4.69) is 15.7 Å². The van der Waals surface area contributed by atoms with Crippen LogP contribution < -0.4 is 10.6 Å². The molecule has 0 bridgehead atoms. The fourth-order valence-electron chi connectivity index (χ4n) is 2.56. The van der Waals surface area contributed by atoms with Crippen molar-refractivity contribution in [3.05, 3.63) is 54.0 Å². The highest BCUT2D eigenvalue weighted by molar-refractivity contribution is 5.80. The zero-order valence-electron chi connectivity index (χ0n) is 14.0. The maximum absolute atomic E-state index is 12.0. The Morgan fingerprint density at radius 2 is 2.21 bits per heavy atom. The van der Waals surface area contributed by atoms with E-state index in [4.69, 9.17) is 4.42 Å². The van der Waals surface area contributed by atoms with Gasteiger partial charge in [-0.3, -0.25) is 9.48 Å². The van der Waals surface area contributed by atoms with E-state index in [1.54, 1.807) is 0 Å². The third kappa shape index (κ3) is 4.02. The number of nitrogens with one attached hydrogen (secondary N) is 2. The van der Waals surface area contributed by atoms with Crippen LogP contribution >= 0.6 is 0 Å². The van der Waals surface area contributed by atoms with Gasteiger partial charge in [0.05, 0.1) is 25.3 Å². The molecular formula is C18H22N4O2. The molecule has 0 aliphatic carbocycles. The van der Waals surface area contributed by atoms with Gasteiger partial charge >= 0.3 is 0 Å². The van der Waals surface area contributed by atoms with Crippen LogP contribution in [-0.2, 0) is 11.3 Å². The van der Waals surface area contributed by atoms with E-state index in [9.17, 15) is 4.79 Å². The summed E-state index contributed by atoms with van der Waals surface area (Å²) in [7, 11) is 0. The number of amides is 1. The first-order valence-electron chi connectivity index (χ1n) is 8.09. The smallest absolute Gasteiger partial charge is 0.234 e. The Morgan fingerprint density at radius 1 is 1.38 bits per heavy atom. The van der Waals surface area contributed by atoms with Gasteiger partial charge in [0, 0.05) is 18.1 Å². The standard InChI is InChI=1S/C18H22N4O2/c1-13-10-20-22(12-13)8-7-19-11-18(23)21-14(2)17-9-15-5-3-4-6-16(15)24-17/h3-6,9-10,12,14,19H,7-8,11H2,1-2H3,(H,21,23). The number of fused-ring (bicyclic) bond motifs is 1. The summed E-state index contributed by atoms with van der Waals surface area (Å²) in [4.78, 5) is 12.0. The number of aromatic nitrogens is 2. The molecule has 0 aliphatic rings. The third-order valence-corrected chi connectivity index (χ3v) is 3.81. The summed E-state index contributed by atoms with van der Waals surface area (Å²) in [5.41, 5.74) is 1.97. The van der Waals surface area contributed by atoms with Gasteiger partial charge in [-0.1, -0.05) is 18.2 Å². The maximum Gasteiger partial charge on any atom is 0.234 e.